The fourth-order valence-electron chi connectivity index (χ4n) is 1.17. The molecule has 0 aliphatic carbocycles. The molecule has 2 nitrogen and oxygen atoms in total. The highest BCUT2D eigenvalue weighted by atomic mass is 35.5. The third kappa shape index (κ3) is 2.53. The fraction of sp³-hybridized carbons (Fsp3) is 0.333. The lowest BCUT2D eigenvalue weighted by Gasteiger charge is -2.14. The van der Waals surface area contributed by atoms with Crippen molar-refractivity contribution < 1.29 is 5.11 Å². The van der Waals surface area contributed by atoms with Crippen LogP contribution in [-0.4, -0.2) is 11.7 Å². The number of benzene rings is 1. The SMILES string of the molecule is NC(CCO)c1c(Cl)ccc(Cl)c1Cl. The van der Waals surface area contributed by atoms with E-state index in [0.29, 0.717) is 27.1 Å². The Morgan fingerprint density at radius 2 is 1.79 bits per heavy atom. The van der Waals surface area contributed by atoms with E-state index >= 15 is 0 Å². The predicted octanol–water partition coefficient (Wildman–Crippen LogP) is 3.03. The number of hydrogen-bond acceptors (Lipinski definition) is 2. The van der Waals surface area contributed by atoms with E-state index in [-0.39, 0.29) is 6.61 Å². The van der Waals surface area contributed by atoms with Crippen molar-refractivity contribution in [3.63, 3.8) is 0 Å². The molecule has 0 amide bonds. The van der Waals surface area contributed by atoms with Crippen LogP contribution in [0.25, 0.3) is 0 Å². The van der Waals surface area contributed by atoms with Crippen molar-refractivity contribution in [3.8, 4) is 0 Å². The molecule has 1 atom stereocenters. The van der Waals surface area contributed by atoms with Crippen LogP contribution in [-0.2, 0) is 0 Å². The Labute approximate surface area is 97.6 Å². The van der Waals surface area contributed by atoms with Crippen LogP contribution < -0.4 is 5.73 Å². The average Bonchev–Trinajstić information content (AvgIpc) is 2.13. The summed E-state index contributed by atoms with van der Waals surface area (Å²) >= 11 is 17.7. The largest absolute Gasteiger partial charge is 0.396 e. The van der Waals surface area contributed by atoms with Crippen LogP contribution in [0.2, 0.25) is 15.1 Å². The highest BCUT2D eigenvalue weighted by Crippen LogP contribution is 2.35. The molecule has 1 rings (SSSR count). The molecule has 0 heterocycles. The summed E-state index contributed by atoms with van der Waals surface area (Å²) in [4.78, 5) is 0. The van der Waals surface area contributed by atoms with Crippen LogP contribution in [0, 0.1) is 0 Å². The van der Waals surface area contributed by atoms with Gasteiger partial charge in [0.2, 0.25) is 0 Å². The molecule has 0 aromatic heterocycles. The molecule has 0 saturated heterocycles. The summed E-state index contributed by atoms with van der Waals surface area (Å²) in [5.74, 6) is 0. The van der Waals surface area contributed by atoms with Crippen LogP contribution in [0.5, 0.6) is 0 Å². The number of aliphatic hydroxyl groups excluding tert-OH is 1. The van der Waals surface area contributed by atoms with Gasteiger partial charge in [-0.25, -0.2) is 0 Å². The van der Waals surface area contributed by atoms with E-state index in [9.17, 15) is 0 Å². The zero-order chi connectivity index (χ0) is 10.7. The maximum atomic E-state index is 8.75. The van der Waals surface area contributed by atoms with Gasteiger partial charge in [0.1, 0.15) is 0 Å². The molecule has 0 saturated carbocycles. The minimum Gasteiger partial charge on any atom is -0.396 e. The van der Waals surface area contributed by atoms with E-state index in [2.05, 4.69) is 0 Å². The minimum atomic E-state index is -0.390. The molecule has 0 radical (unpaired) electrons. The van der Waals surface area contributed by atoms with E-state index in [1.165, 1.54) is 0 Å². The van der Waals surface area contributed by atoms with Gasteiger partial charge in [-0.2, -0.15) is 0 Å². The van der Waals surface area contributed by atoms with E-state index in [4.69, 9.17) is 45.6 Å². The topological polar surface area (TPSA) is 46.2 Å². The van der Waals surface area contributed by atoms with Gasteiger partial charge in [0, 0.05) is 23.2 Å². The van der Waals surface area contributed by atoms with E-state index in [1.807, 2.05) is 0 Å². The molecule has 0 aliphatic rings. The Morgan fingerprint density at radius 3 is 2.36 bits per heavy atom. The zero-order valence-electron chi connectivity index (χ0n) is 7.30. The Morgan fingerprint density at radius 1 is 1.21 bits per heavy atom. The third-order valence-electron chi connectivity index (χ3n) is 1.89. The molecule has 0 spiro atoms. The number of aliphatic hydroxyl groups is 1. The summed E-state index contributed by atoms with van der Waals surface area (Å²) in [5.41, 5.74) is 6.38. The number of halogens is 3. The van der Waals surface area contributed by atoms with Crippen molar-refractivity contribution >= 4 is 34.8 Å². The van der Waals surface area contributed by atoms with Crippen LogP contribution in [0.1, 0.15) is 18.0 Å². The molecule has 1 aromatic rings. The third-order valence-corrected chi connectivity index (χ3v) is 3.04. The Balaban J connectivity index is 3.11. The Kier molecular flexibility index (Phi) is 4.48. The first kappa shape index (κ1) is 12.1. The fourth-order valence-corrected chi connectivity index (χ4v) is 1.98. The first-order valence-electron chi connectivity index (χ1n) is 4.07. The van der Waals surface area contributed by atoms with Crippen LogP contribution in [0.15, 0.2) is 12.1 Å². The summed E-state index contributed by atoms with van der Waals surface area (Å²) in [5, 5.41) is 10.00. The zero-order valence-corrected chi connectivity index (χ0v) is 9.57. The summed E-state index contributed by atoms with van der Waals surface area (Å²) in [7, 11) is 0. The van der Waals surface area contributed by atoms with Crippen molar-refractivity contribution in [3.05, 3.63) is 32.8 Å². The van der Waals surface area contributed by atoms with Gasteiger partial charge in [0.25, 0.3) is 0 Å². The van der Waals surface area contributed by atoms with Gasteiger partial charge in [-0.05, 0) is 18.6 Å². The van der Waals surface area contributed by atoms with Gasteiger partial charge in [-0.1, -0.05) is 34.8 Å². The summed E-state index contributed by atoms with van der Waals surface area (Å²) in [6.45, 7) is -0.0136. The molecule has 14 heavy (non-hydrogen) atoms. The quantitative estimate of drug-likeness (QED) is 0.815. The molecule has 78 valence electrons. The van der Waals surface area contributed by atoms with Crippen molar-refractivity contribution in [1.82, 2.24) is 0 Å². The van der Waals surface area contributed by atoms with Crippen molar-refractivity contribution in [2.75, 3.05) is 6.61 Å². The molecule has 1 aromatic carbocycles. The van der Waals surface area contributed by atoms with Gasteiger partial charge in [-0.3, -0.25) is 0 Å². The normalized spacial score (nSPS) is 12.9. The van der Waals surface area contributed by atoms with Crippen molar-refractivity contribution in [2.45, 2.75) is 12.5 Å². The van der Waals surface area contributed by atoms with Gasteiger partial charge in [-0.15, -0.1) is 0 Å². The highest BCUT2D eigenvalue weighted by Gasteiger charge is 2.15. The molecule has 0 aliphatic heterocycles. The van der Waals surface area contributed by atoms with Crippen molar-refractivity contribution in [1.29, 1.82) is 0 Å². The van der Waals surface area contributed by atoms with Gasteiger partial charge < -0.3 is 10.8 Å². The molecule has 1 unspecified atom stereocenters. The second-order valence-corrected chi connectivity index (χ2v) is 4.07. The first-order valence-corrected chi connectivity index (χ1v) is 5.21. The van der Waals surface area contributed by atoms with Gasteiger partial charge in [0.15, 0.2) is 0 Å². The lowest BCUT2D eigenvalue weighted by molar-refractivity contribution is 0.276. The number of nitrogens with two attached hydrogens (primary N) is 1. The van der Waals surface area contributed by atoms with Crippen LogP contribution >= 0.6 is 34.8 Å². The molecular formula is C9H10Cl3NO. The minimum absolute atomic E-state index is 0.0136. The molecule has 0 fully saturated rings. The maximum Gasteiger partial charge on any atom is 0.0654 e. The first-order chi connectivity index (χ1) is 6.57. The Hall–Kier alpha value is 0.01000. The number of rotatable bonds is 3. The second-order valence-electron chi connectivity index (χ2n) is 2.88. The second kappa shape index (κ2) is 5.19. The summed E-state index contributed by atoms with van der Waals surface area (Å²) < 4.78 is 0. The summed E-state index contributed by atoms with van der Waals surface area (Å²) in [6, 6.07) is 2.86. The lowest BCUT2D eigenvalue weighted by atomic mass is 10.1. The van der Waals surface area contributed by atoms with E-state index in [0.717, 1.165) is 0 Å². The molecule has 3 N–H and O–H groups in total. The van der Waals surface area contributed by atoms with Gasteiger partial charge >= 0.3 is 0 Å². The molecule has 0 bridgehead atoms. The van der Waals surface area contributed by atoms with Crippen molar-refractivity contribution in [2.24, 2.45) is 5.73 Å². The van der Waals surface area contributed by atoms with Crippen LogP contribution in [0.4, 0.5) is 0 Å². The predicted molar refractivity (Wildman–Crippen MR) is 60.1 cm³/mol. The Bertz CT molecular complexity index is 330. The summed E-state index contributed by atoms with van der Waals surface area (Å²) in [6.07, 6.45) is 0.403. The maximum absolute atomic E-state index is 8.75. The smallest absolute Gasteiger partial charge is 0.0654 e. The molecular weight excluding hydrogens is 244 g/mol. The average molecular weight is 255 g/mol. The van der Waals surface area contributed by atoms with E-state index in [1.54, 1.807) is 12.1 Å². The highest BCUT2D eigenvalue weighted by molar-refractivity contribution is 6.44. The monoisotopic (exact) mass is 253 g/mol. The standard InChI is InChI=1S/C9H10Cl3NO/c10-5-1-2-6(11)9(12)8(5)7(13)3-4-14/h1-2,7,14H,3-4,13H2. The van der Waals surface area contributed by atoms with Gasteiger partial charge in [0.05, 0.1) is 10.0 Å². The van der Waals surface area contributed by atoms with E-state index < -0.39 is 6.04 Å². The van der Waals surface area contributed by atoms with Crippen LogP contribution in [0.3, 0.4) is 0 Å². The number of hydrogen-bond donors (Lipinski definition) is 2. The lowest BCUT2D eigenvalue weighted by Crippen LogP contribution is -2.13. The molecule has 5 heteroatoms.